The molecule has 0 aliphatic rings. The first-order valence-corrected chi connectivity index (χ1v) is 10.9. The normalized spacial score (nSPS) is 12.0. The molecule has 32 heavy (non-hydrogen) atoms. The highest BCUT2D eigenvalue weighted by atomic mass is 16.5. The van der Waals surface area contributed by atoms with Crippen LogP contribution in [0.15, 0.2) is 60.7 Å². The lowest BCUT2D eigenvalue weighted by molar-refractivity contribution is -0.123. The Morgan fingerprint density at radius 1 is 1.09 bits per heavy atom. The third-order valence-electron chi connectivity index (χ3n) is 5.56. The predicted molar refractivity (Wildman–Crippen MR) is 126 cm³/mol. The number of nitrogens with zero attached hydrogens (tertiary/aromatic N) is 3. The Morgan fingerprint density at radius 2 is 1.81 bits per heavy atom. The van der Waals surface area contributed by atoms with E-state index in [-0.39, 0.29) is 18.6 Å². The number of aryl methyl sites for hydroxylation is 3. The molecule has 4 rings (SSSR count). The maximum Gasteiger partial charge on any atom is 0.258 e. The SMILES string of the molecule is CCc1cc(OCC(=O)NC(C)c2ccccc2)nc2c1c(C)nn2-c1ccc(C)cc1. The van der Waals surface area contributed by atoms with E-state index >= 15 is 0 Å². The van der Waals surface area contributed by atoms with Gasteiger partial charge in [-0.3, -0.25) is 4.79 Å². The number of nitrogens with one attached hydrogen (secondary N) is 1. The fraction of sp³-hybridized carbons (Fsp3) is 0.269. The molecule has 0 saturated heterocycles. The highest BCUT2D eigenvalue weighted by molar-refractivity contribution is 5.84. The minimum Gasteiger partial charge on any atom is -0.468 e. The molecular formula is C26H28N4O2. The minimum absolute atomic E-state index is 0.0976. The van der Waals surface area contributed by atoms with Crippen LogP contribution in [0.3, 0.4) is 0 Å². The molecule has 1 N–H and O–H groups in total. The van der Waals surface area contributed by atoms with Crippen molar-refractivity contribution in [3.63, 3.8) is 0 Å². The van der Waals surface area contributed by atoms with Crippen LogP contribution >= 0.6 is 0 Å². The summed E-state index contributed by atoms with van der Waals surface area (Å²) in [7, 11) is 0. The molecule has 164 valence electrons. The van der Waals surface area contributed by atoms with Crippen molar-refractivity contribution in [3.05, 3.63) is 83.0 Å². The summed E-state index contributed by atoms with van der Waals surface area (Å²) in [6, 6.07) is 19.8. The van der Waals surface area contributed by atoms with E-state index < -0.39 is 0 Å². The molecule has 4 aromatic rings. The van der Waals surface area contributed by atoms with Gasteiger partial charge >= 0.3 is 0 Å². The molecule has 0 fully saturated rings. The lowest BCUT2D eigenvalue weighted by Gasteiger charge is -2.15. The minimum atomic E-state index is -0.190. The summed E-state index contributed by atoms with van der Waals surface area (Å²) >= 11 is 0. The Kier molecular flexibility index (Phi) is 6.21. The number of aromatic nitrogens is 3. The van der Waals surface area contributed by atoms with Crippen LogP contribution in [0.4, 0.5) is 0 Å². The summed E-state index contributed by atoms with van der Waals surface area (Å²) in [4.78, 5) is 17.2. The summed E-state index contributed by atoms with van der Waals surface area (Å²) in [5.74, 6) is 0.231. The second-order valence-corrected chi connectivity index (χ2v) is 7.99. The molecule has 2 aromatic carbocycles. The summed E-state index contributed by atoms with van der Waals surface area (Å²) < 4.78 is 7.65. The molecule has 1 unspecified atom stereocenters. The van der Waals surface area contributed by atoms with Crippen molar-refractivity contribution in [3.8, 4) is 11.6 Å². The monoisotopic (exact) mass is 428 g/mol. The first kappa shape index (κ1) is 21.6. The van der Waals surface area contributed by atoms with E-state index in [1.54, 1.807) is 0 Å². The number of pyridine rings is 1. The van der Waals surface area contributed by atoms with E-state index in [1.807, 2.05) is 67.1 Å². The fourth-order valence-corrected chi connectivity index (χ4v) is 3.82. The zero-order valence-corrected chi connectivity index (χ0v) is 18.9. The number of carbonyl (C=O) groups excluding carboxylic acids is 1. The number of rotatable bonds is 7. The molecule has 0 saturated carbocycles. The van der Waals surface area contributed by atoms with E-state index in [1.165, 1.54) is 5.56 Å². The number of benzene rings is 2. The van der Waals surface area contributed by atoms with Gasteiger partial charge in [0, 0.05) is 11.5 Å². The molecular weight excluding hydrogens is 400 g/mol. The number of hydrogen-bond donors (Lipinski definition) is 1. The Morgan fingerprint density at radius 3 is 2.50 bits per heavy atom. The van der Waals surface area contributed by atoms with Crippen molar-refractivity contribution in [2.24, 2.45) is 0 Å². The van der Waals surface area contributed by atoms with E-state index in [0.29, 0.717) is 5.88 Å². The van der Waals surface area contributed by atoms with Gasteiger partial charge in [0.2, 0.25) is 5.88 Å². The molecule has 0 aliphatic heterocycles. The van der Waals surface area contributed by atoms with Crippen LogP contribution < -0.4 is 10.1 Å². The first-order valence-electron chi connectivity index (χ1n) is 10.9. The Labute approximate surface area is 188 Å². The van der Waals surface area contributed by atoms with Gasteiger partial charge in [-0.05, 0) is 50.5 Å². The van der Waals surface area contributed by atoms with Gasteiger partial charge in [-0.2, -0.15) is 10.1 Å². The molecule has 0 aliphatic carbocycles. The Balaban J connectivity index is 1.57. The molecule has 1 atom stereocenters. The van der Waals surface area contributed by atoms with E-state index in [4.69, 9.17) is 14.8 Å². The lowest BCUT2D eigenvalue weighted by Crippen LogP contribution is -2.31. The largest absolute Gasteiger partial charge is 0.468 e. The molecule has 0 radical (unpaired) electrons. The van der Waals surface area contributed by atoms with Crippen molar-refractivity contribution in [1.82, 2.24) is 20.1 Å². The topological polar surface area (TPSA) is 69.0 Å². The Hall–Kier alpha value is -3.67. The molecule has 2 heterocycles. The predicted octanol–water partition coefficient (Wildman–Crippen LogP) is 4.86. The van der Waals surface area contributed by atoms with Gasteiger partial charge in [0.25, 0.3) is 5.91 Å². The average Bonchev–Trinajstić information content (AvgIpc) is 3.14. The van der Waals surface area contributed by atoms with Gasteiger partial charge in [-0.1, -0.05) is 55.0 Å². The standard InChI is InChI=1S/C26H28N4O2/c1-5-20-15-24(32-16-23(31)27-18(3)21-9-7-6-8-10-21)28-26-25(20)19(4)29-30(26)22-13-11-17(2)12-14-22/h6-15,18H,5,16H2,1-4H3,(H,27,31). The van der Waals surface area contributed by atoms with E-state index in [0.717, 1.165) is 40.0 Å². The number of carbonyl (C=O) groups is 1. The van der Waals surface area contributed by atoms with Crippen molar-refractivity contribution >= 4 is 16.9 Å². The summed E-state index contributed by atoms with van der Waals surface area (Å²) in [5.41, 5.74) is 5.92. The van der Waals surface area contributed by atoms with E-state index in [2.05, 4.69) is 31.3 Å². The smallest absolute Gasteiger partial charge is 0.258 e. The molecule has 6 nitrogen and oxygen atoms in total. The molecule has 1 amide bonds. The van der Waals surface area contributed by atoms with Crippen LogP contribution in [0.5, 0.6) is 5.88 Å². The quantitative estimate of drug-likeness (QED) is 0.457. The number of ether oxygens (including phenoxy) is 1. The van der Waals surface area contributed by atoms with Crippen LogP contribution in [0, 0.1) is 13.8 Å². The third-order valence-corrected chi connectivity index (χ3v) is 5.56. The van der Waals surface area contributed by atoms with Gasteiger partial charge in [-0.25, -0.2) is 4.68 Å². The second kappa shape index (κ2) is 9.22. The Bertz CT molecular complexity index is 1230. The number of fused-ring (bicyclic) bond motifs is 1. The molecule has 0 spiro atoms. The van der Waals surface area contributed by atoms with Gasteiger partial charge in [0.1, 0.15) is 0 Å². The maximum atomic E-state index is 12.5. The van der Waals surface area contributed by atoms with Crippen LogP contribution in [0.1, 0.15) is 42.3 Å². The molecule has 0 bridgehead atoms. The van der Waals surface area contributed by atoms with Gasteiger partial charge in [-0.15, -0.1) is 0 Å². The van der Waals surface area contributed by atoms with Crippen molar-refractivity contribution in [1.29, 1.82) is 0 Å². The van der Waals surface area contributed by atoms with Crippen LogP contribution in [-0.2, 0) is 11.2 Å². The van der Waals surface area contributed by atoms with Crippen LogP contribution in [0.2, 0.25) is 0 Å². The summed E-state index contributed by atoms with van der Waals surface area (Å²) in [5, 5.41) is 8.73. The van der Waals surface area contributed by atoms with Crippen molar-refractivity contribution < 1.29 is 9.53 Å². The van der Waals surface area contributed by atoms with Gasteiger partial charge in [0.15, 0.2) is 12.3 Å². The second-order valence-electron chi connectivity index (χ2n) is 7.99. The first-order chi connectivity index (χ1) is 15.5. The highest BCUT2D eigenvalue weighted by Gasteiger charge is 2.17. The third kappa shape index (κ3) is 4.49. The van der Waals surface area contributed by atoms with Crippen molar-refractivity contribution in [2.75, 3.05) is 6.61 Å². The van der Waals surface area contributed by atoms with Gasteiger partial charge < -0.3 is 10.1 Å². The van der Waals surface area contributed by atoms with Gasteiger partial charge in [0.05, 0.1) is 17.4 Å². The average molecular weight is 429 g/mol. The number of amides is 1. The lowest BCUT2D eigenvalue weighted by atomic mass is 10.1. The summed E-state index contributed by atoms with van der Waals surface area (Å²) in [6.45, 7) is 7.99. The fourth-order valence-electron chi connectivity index (χ4n) is 3.82. The van der Waals surface area contributed by atoms with E-state index in [9.17, 15) is 4.79 Å². The molecule has 2 aromatic heterocycles. The van der Waals surface area contributed by atoms with Crippen LogP contribution in [-0.4, -0.2) is 27.3 Å². The zero-order valence-electron chi connectivity index (χ0n) is 18.9. The van der Waals surface area contributed by atoms with Crippen LogP contribution in [0.25, 0.3) is 16.7 Å². The maximum absolute atomic E-state index is 12.5. The molecule has 6 heteroatoms. The highest BCUT2D eigenvalue weighted by Crippen LogP contribution is 2.27. The zero-order chi connectivity index (χ0) is 22.7. The number of hydrogen-bond acceptors (Lipinski definition) is 4. The summed E-state index contributed by atoms with van der Waals surface area (Å²) in [6.07, 6.45) is 0.813. The van der Waals surface area contributed by atoms with Crippen molar-refractivity contribution in [2.45, 2.75) is 40.2 Å².